The summed E-state index contributed by atoms with van der Waals surface area (Å²) in [5.74, 6) is 0. The summed E-state index contributed by atoms with van der Waals surface area (Å²) in [6.45, 7) is 6.04. The molecule has 0 bridgehead atoms. The molecule has 1 atom stereocenters. The van der Waals surface area contributed by atoms with Crippen LogP contribution in [0, 0.1) is 13.8 Å². The lowest BCUT2D eigenvalue weighted by atomic mass is 9.79. The smallest absolute Gasteiger partial charge is 0.130 e. The summed E-state index contributed by atoms with van der Waals surface area (Å²) in [4.78, 5) is 20.8. The number of halogens is 1. The second-order valence-electron chi connectivity index (χ2n) is 6.93. The summed E-state index contributed by atoms with van der Waals surface area (Å²) in [6.07, 6.45) is 4.18. The molecule has 0 saturated heterocycles. The number of carbonyl (C=O) groups is 1. The van der Waals surface area contributed by atoms with E-state index in [1.165, 1.54) is 0 Å². The topological polar surface area (TPSA) is 47.8 Å². The number of fused-ring (bicyclic) bond motifs is 1. The minimum atomic E-state index is -0.587. The number of benzene rings is 1. The molecule has 1 unspecified atom stereocenters. The second-order valence-corrected chi connectivity index (χ2v) is 7.32. The molecule has 0 N–H and O–H groups in total. The van der Waals surface area contributed by atoms with Crippen molar-refractivity contribution in [2.24, 2.45) is 7.05 Å². The summed E-state index contributed by atoms with van der Waals surface area (Å²) >= 11 is 6.10. The van der Waals surface area contributed by atoms with Crippen LogP contribution in [-0.2, 0) is 23.7 Å². The molecule has 3 aromatic rings. The zero-order valence-corrected chi connectivity index (χ0v) is 15.8. The van der Waals surface area contributed by atoms with E-state index in [1.54, 1.807) is 6.33 Å². The maximum Gasteiger partial charge on any atom is 0.130 e. The Kier molecular flexibility index (Phi) is 4.65. The van der Waals surface area contributed by atoms with E-state index in [2.05, 4.69) is 9.97 Å². The van der Waals surface area contributed by atoms with E-state index < -0.39 is 5.41 Å². The molecule has 5 heteroatoms. The fourth-order valence-corrected chi connectivity index (χ4v) is 3.41. The number of rotatable bonds is 5. The first-order valence-electron chi connectivity index (χ1n) is 8.34. The van der Waals surface area contributed by atoms with Gasteiger partial charge >= 0.3 is 0 Å². The van der Waals surface area contributed by atoms with Gasteiger partial charge in [-0.3, -0.25) is 0 Å². The number of nitrogens with zero attached hydrogens (tertiary/aromatic N) is 3. The van der Waals surface area contributed by atoms with Gasteiger partial charge in [0.2, 0.25) is 0 Å². The molecule has 0 saturated carbocycles. The van der Waals surface area contributed by atoms with Crippen LogP contribution in [0.25, 0.3) is 11.0 Å². The summed E-state index contributed by atoms with van der Waals surface area (Å²) in [5, 5.41) is 0.501. The van der Waals surface area contributed by atoms with Gasteiger partial charge in [-0.1, -0.05) is 17.7 Å². The molecule has 2 heterocycles. The Bertz CT molecular complexity index is 948. The number of imidazole rings is 1. The van der Waals surface area contributed by atoms with Crippen LogP contribution in [0.15, 0.2) is 30.6 Å². The Balaban J connectivity index is 1.91. The molecular weight excluding hydrogens is 334 g/mol. The standard InChI is InChI=1S/C20H22ClN3O/c1-13-9-19(21)23-16(14(13)2)7-8-20(3,11-25)15-5-6-18-17(10-15)22-12-24(18)4/h5-6,9-12H,7-8H2,1-4H3. The maximum absolute atomic E-state index is 11.9. The van der Waals surface area contributed by atoms with Gasteiger partial charge in [0.25, 0.3) is 0 Å². The SMILES string of the molecule is Cc1cc(Cl)nc(CCC(C)(C=O)c2ccc3c(c2)ncn3C)c1C. The molecular formula is C20H22ClN3O. The lowest BCUT2D eigenvalue weighted by Gasteiger charge is -2.24. The minimum absolute atomic E-state index is 0.501. The van der Waals surface area contributed by atoms with Crippen molar-refractivity contribution in [1.29, 1.82) is 0 Å². The number of aldehydes is 1. The maximum atomic E-state index is 11.9. The fraction of sp³-hybridized carbons (Fsp3) is 0.350. The number of hydrogen-bond donors (Lipinski definition) is 0. The normalized spacial score (nSPS) is 13.8. The molecule has 0 fully saturated rings. The van der Waals surface area contributed by atoms with Gasteiger partial charge in [-0.25, -0.2) is 9.97 Å². The second kappa shape index (κ2) is 6.60. The summed E-state index contributed by atoms with van der Waals surface area (Å²) < 4.78 is 1.97. The van der Waals surface area contributed by atoms with Crippen LogP contribution >= 0.6 is 11.6 Å². The largest absolute Gasteiger partial charge is 0.334 e. The number of carbonyl (C=O) groups excluding carboxylic acids is 1. The van der Waals surface area contributed by atoms with E-state index in [4.69, 9.17) is 11.6 Å². The molecule has 0 aliphatic rings. The molecule has 3 rings (SSSR count). The Morgan fingerprint density at radius 2 is 2.04 bits per heavy atom. The van der Waals surface area contributed by atoms with Gasteiger partial charge in [-0.2, -0.15) is 0 Å². The van der Waals surface area contributed by atoms with Crippen LogP contribution in [0.4, 0.5) is 0 Å². The Labute approximate surface area is 152 Å². The number of pyridine rings is 1. The Morgan fingerprint density at radius 3 is 2.76 bits per heavy atom. The van der Waals surface area contributed by atoms with Crippen LogP contribution in [0.2, 0.25) is 5.15 Å². The van der Waals surface area contributed by atoms with Crippen LogP contribution < -0.4 is 0 Å². The highest BCUT2D eigenvalue weighted by Crippen LogP contribution is 2.30. The molecule has 4 nitrogen and oxygen atoms in total. The highest BCUT2D eigenvalue weighted by Gasteiger charge is 2.27. The highest BCUT2D eigenvalue weighted by molar-refractivity contribution is 6.29. The van der Waals surface area contributed by atoms with Gasteiger partial charge in [0, 0.05) is 18.2 Å². The van der Waals surface area contributed by atoms with Crippen LogP contribution in [0.1, 0.15) is 35.7 Å². The third-order valence-corrected chi connectivity index (χ3v) is 5.32. The van der Waals surface area contributed by atoms with Crippen molar-refractivity contribution >= 4 is 28.9 Å². The van der Waals surface area contributed by atoms with Crippen LogP contribution in [-0.4, -0.2) is 20.8 Å². The van der Waals surface area contributed by atoms with Gasteiger partial charge in [0.05, 0.1) is 17.4 Å². The molecule has 0 aliphatic carbocycles. The number of aromatic nitrogens is 3. The van der Waals surface area contributed by atoms with Crippen molar-refractivity contribution < 1.29 is 4.79 Å². The van der Waals surface area contributed by atoms with Gasteiger partial charge < -0.3 is 9.36 Å². The first-order valence-corrected chi connectivity index (χ1v) is 8.72. The lowest BCUT2D eigenvalue weighted by molar-refractivity contribution is -0.112. The van der Waals surface area contributed by atoms with E-state index in [0.29, 0.717) is 18.0 Å². The van der Waals surface area contributed by atoms with E-state index in [1.807, 2.05) is 56.7 Å². The van der Waals surface area contributed by atoms with Crippen LogP contribution in [0.3, 0.4) is 0 Å². The van der Waals surface area contributed by atoms with Crippen molar-refractivity contribution in [3.63, 3.8) is 0 Å². The van der Waals surface area contributed by atoms with Gasteiger partial charge in [0.1, 0.15) is 11.4 Å². The number of hydrogen-bond acceptors (Lipinski definition) is 3. The minimum Gasteiger partial charge on any atom is -0.334 e. The van der Waals surface area contributed by atoms with Gasteiger partial charge in [-0.05, 0) is 68.5 Å². The molecule has 0 radical (unpaired) electrons. The van der Waals surface area contributed by atoms with E-state index in [9.17, 15) is 4.79 Å². The van der Waals surface area contributed by atoms with E-state index >= 15 is 0 Å². The van der Waals surface area contributed by atoms with Crippen molar-refractivity contribution in [3.05, 3.63) is 58.1 Å². The Hall–Kier alpha value is -2.20. The van der Waals surface area contributed by atoms with E-state index in [-0.39, 0.29) is 0 Å². The predicted molar refractivity (Wildman–Crippen MR) is 101 cm³/mol. The van der Waals surface area contributed by atoms with Crippen molar-refractivity contribution in [2.75, 3.05) is 0 Å². The zero-order valence-electron chi connectivity index (χ0n) is 15.0. The fourth-order valence-electron chi connectivity index (χ4n) is 3.14. The molecule has 0 aliphatic heterocycles. The zero-order chi connectivity index (χ0) is 18.2. The quantitative estimate of drug-likeness (QED) is 0.505. The van der Waals surface area contributed by atoms with Crippen molar-refractivity contribution in [2.45, 2.75) is 39.0 Å². The molecule has 1 aromatic carbocycles. The third kappa shape index (κ3) is 3.31. The molecule has 0 spiro atoms. The van der Waals surface area contributed by atoms with Gasteiger partial charge in [0.15, 0.2) is 0 Å². The van der Waals surface area contributed by atoms with E-state index in [0.717, 1.165) is 39.7 Å². The van der Waals surface area contributed by atoms with Gasteiger partial charge in [-0.15, -0.1) is 0 Å². The molecule has 130 valence electrons. The summed E-state index contributed by atoms with van der Waals surface area (Å²) in [7, 11) is 1.96. The van der Waals surface area contributed by atoms with Crippen molar-refractivity contribution in [1.82, 2.24) is 14.5 Å². The average Bonchev–Trinajstić information content (AvgIpc) is 2.97. The first kappa shape index (κ1) is 17.6. The third-order valence-electron chi connectivity index (χ3n) is 5.13. The Morgan fingerprint density at radius 1 is 1.28 bits per heavy atom. The summed E-state index contributed by atoms with van der Waals surface area (Å²) in [6, 6.07) is 7.91. The highest BCUT2D eigenvalue weighted by atomic mass is 35.5. The monoisotopic (exact) mass is 355 g/mol. The number of aryl methyl sites for hydroxylation is 3. The first-order chi connectivity index (χ1) is 11.8. The average molecular weight is 356 g/mol. The lowest BCUT2D eigenvalue weighted by Crippen LogP contribution is -2.25. The molecule has 2 aromatic heterocycles. The predicted octanol–water partition coefficient (Wildman–Crippen LogP) is 4.33. The van der Waals surface area contributed by atoms with Crippen molar-refractivity contribution in [3.8, 4) is 0 Å². The molecule has 0 amide bonds. The summed E-state index contributed by atoms with van der Waals surface area (Å²) in [5.41, 5.74) is 5.56. The van der Waals surface area contributed by atoms with Crippen LogP contribution in [0.5, 0.6) is 0 Å². The molecule has 25 heavy (non-hydrogen) atoms.